The first-order valence-electron chi connectivity index (χ1n) is 9.01. The van der Waals surface area contributed by atoms with E-state index in [-0.39, 0.29) is 5.56 Å². The van der Waals surface area contributed by atoms with E-state index in [0.29, 0.717) is 38.0 Å². The van der Waals surface area contributed by atoms with Gasteiger partial charge >= 0.3 is 0 Å². The van der Waals surface area contributed by atoms with Crippen molar-refractivity contribution in [1.82, 2.24) is 9.55 Å². The van der Waals surface area contributed by atoms with Crippen LogP contribution >= 0.6 is 11.3 Å². The average molecular weight is 368 g/mol. The molecule has 1 fully saturated rings. The molecule has 0 unspecified atom stereocenters. The zero-order valence-corrected chi connectivity index (χ0v) is 15.5. The van der Waals surface area contributed by atoms with E-state index < -0.39 is 5.79 Å². The summed E-state index contributed by atoms with van der Waals surface area (Å²) < 4.78 is 13.5. The van der Waals surface area contributed by atoms with Crippen LogP contribution in [0, 0.1) is 6.92 Å². The van der Waals surface area contributed by atoms with Crippen LogP contribution in [0.3, 0.4) is 0 Å². The lowest BCUT2D eigenvalue weighted by molar-refractivity contribution is -0.165. The van der Waals surface area contributed by atoms with Gasteiger partial charge in [-0.3, -0.25) is 9.36 Å². The third-order valence-corrected chi connectivity index (χ3v) is 6.48. The first kappa shape index (κ1) is 16.2. The number of aryl methyl sites for hydroxylation is 2. The molecule has 4 heterocycles. The molecule has 1 aromatic carbocycles. The van der Waals surface area contributed by atoms with Crippen molar-refractivity contribution in [2.24, 2.45) is 0 Å². The maximum atomic E-state index is 13.0. The fraction of sp³-hybridized carbons (Fsp3) is 0.400. The summed E-state index contributed by atoms with van der Waals surface area (Å²) in [5, 5.41) is 2.77. The van der Waals surface area contributed by atoms with Gasteiger partial charge in [-0.1, -0.05) is 6.07 Å². The molecule has 1 saturated heterocycles. The number of fused-ring (bicyclic) bond motifs is 2. The third-order valence-electron chi connectivity index (χ3n) is 5.42. The first-order chi connectivity index (χ1) is 12.7. The molecule has 0 radical (unpaired) electrons. The van der Waals surface area contributed by atoms with Crippen molar-refractivity contribution in [1.29, 1.82) is 0 Å². The molecule has 0 atom stereocenters. The smallest absolute Gasteiger partial charge is 0.261 e. The molecule has 0 N–H and O–H groups in total. The molecular weight excluding hydrogens is 348 g/mol. The quantitative estimate of drug-likeness (QED) is 0.660. The fourth-order valence-corrected chi connectivity index (χ4v) is 4.92. The molecule has 2 aliphatic heterocycles. The second-order valence-corrected chi connectivity index (χ2v) is 7.92. The normalized spacial score (nSPS) is 19.0. The highest BCUT2D eigenvalue weighted by atomic mass is 32.1. The predicted molar refractivity (Wildman–Crippen MR) is 102 cm³/mol. The third kappa shape index (κ3) is 2.52. The summed E-state index contributed by atoms with van der Waals surface area (Å²) in [5.41, 5.74) is 3.18. The summed E-state index contributed by atoms with van der Waals surface area (Å²) in [4.78, 5) is 19.1. The summed E-state index contributed by atoms with van der Waals surface area (Å²) in [6.45, 7) is 3.95. The van der Waals surface area contributed by atoms with Crippen molar-refractivity contribution in [2.75, 3.05) is 13.2 Å². The average Bonchev–Trinajstić information content (AvgIpc) is 3.24. The summed E-state index contributed by atoms with van der Waals surface area (Å²) in [6, 6.07) is 8.10. The van der Waals surface area contributed by atoms with Crippen molar-refractivity contribution < 1.29 is 9.47 Å². The van der Waals surface area contributed by atoms with Crippen LogP contribution in [0.25, 0.3) is 21.3 Å². The van der Waals surface area contributed by atoms with Gasteiger partial charge < -0.3 is 9.47 Å². The molecule has 5 rings (SSSR count). The molecule has 3 aromatic rings. The van der Waals surface area contributed by atoms with E-state index in [2.05, 4.69) is 18.4 Å². The molecule has 0 amide bonds. The Morgan fingerprint density at radius 1 is 1.19 bits per heavy atom. The van der Waals surface area contributed by atoms with Gasteiger partial charge in [-0.25, -0.2) is 4.98 Å². The van der Waals surface area contributed by atoms with Gasteiger partial charge in [0, 0.05) is 30.7 Å². The van der Waals surface area contributed by atoms with E-state index >= 15 is 0 Å². The highest BCUT2D eigenvalue weighted by molar-refractivity contribution is 7.13. The zero-order chi connectivity index (χ0) is 17.7. The van der Waals surface area contributed by atoms with E-state index in [1.54, 1.807) is 15.9 Å². The molecule has 2 aromatic heterocycles. The minimum Gasteiger partial charge on any atom is -0.347 e. The van der Waals surface area contributed by atoms with Crippen LogP contribution in [-0.2, 0) is 22.4 Å². The van der Waals surface area contributed by atoms with E-state index in [1.165, 1.54) is 10.4 Å². The van der Waals surface area contributed by atoms with E-state index in [9.17, 15) is 4.79 Å². The molecule has 0 aliphatic carbocycles. The summed E-state index contributed by atoms with van der Waals surface area (Å²) >= 11 is 1.72. The van der Waals surface area contributed by atoms with Gasteiger partial charge in [-0.15, -0.1) is 11.3 Å². The Balaban J connectivity index is 1.61. The van der Waals surface area contributed by atoms with Crippen LogP contribution in [0.15, 0.2) is 34.4 Å². The number of benzene rings is 1. The van der Waals surface area contributed by atoms with Crippen LogP contribution in [0.5, 0.6) is 0 Å². The molecule has 1 spiro atoms. The Morgan fingerprint density at radius 2 is 2.04 bits per heavy atom. The van der Waals surface area contributed by atoms with Gasteiger partial charge in [0.15, 0.2) is 5.79 Å². The molecule has 0 bridgehead atoms. The molecular formula is C20H20N2O3S. The standard InChI is InChI=1S/C20H20N2O3S/c1-13-5-11-26-18(13)14-2-3-15-16(12-14)21-17-4-6-20(24-9-10-25-20)7-8-22(17)19(15)23/h2-3,5,11-12H,4,6-10H2,1H3. The van der Waals surface area contributed by atoms with Crippen molar-refractivity contribution in [3.05, 3.63) is 51.4 Å². The Morgan fingerprint density at radius 3 is 2.81 bits per heavy atom. The van der Waals surface area contributed by atoms with Crippen LogP contribution in [0.2, 0.25) is 0 Å². The number of hydrogen-bond donors (Lipinski definition) is 0. The zero-order valence-electron chi connectivity index (χ0n) is 14.7. The van der Waals surface area contributed by atoms with Crippen molar-refractivity contribution in [3.63, 3.8) is 0 Å². The van der Waals surface area contributed by atoms with Crippen LogP contribution in [0.4, 0.5) is 0 Å². The van der Waals surface area contributed by atoms with Gasteiger partial charge in [0.2, 0.25) is 0 Å². The SMILES string of the molecule is Cc1ccsc1-c1ccc2c(=O)n3c(nc2c1)CCC1(CC3)OCCO1. The van der Waals surface area contributed by atoms with Gasteiger partial charge in [0.1, 0.15) is 5.82 Å². The second kappa shape index (κ2) is 6.01. The van der Waals surface area contributed by atoms with Crippen molar-refractivity contribution in [2.45, 2.75) is 38.5 Å². The second-order valence-electron chi connectivity index (χ2n) is 7.01. The number of rotatable bonds is 1. The Hall–Kier alpha value is -2.02. The number of hydrogen-bond acceptors (Lipinski definition) is 5. The molecule has 0 saturated carbocycles. The highest BCUT2D eigenvalue weighted by Gasteiger charge is 2.38. The van der Waals surface area contributed by atoms with Crippen LogP contribution < -0.4 is 5.56 Å². The summed E-state index contributed by atoms with van der Waals surface area (Å²) in [6.07, 6.45) is 2.13. The minimum absolute atomic E-state index is 0.0366. The lowest BCUT2D eigenvalue weighted by atomic mass is 10.1. The number of thiophene rings is 1. The van der Waals surface area contributed by atoms with Crippen LogP contribution in [-0.4, -0.2) is 28.6 Å². The highest BCUT2D eigenvalue weighted by Crippen LogP contribution is 2.33. The van der Waals surface area contributed by atoms with Gasteiger partial charge in [0.05, 0.1) is 24.1 Å². The Bertz CT molecular complexity index is 1050. The summed E-state index contributed by atoms with van der Waals surface area (Å²) in [5.74, 6) is 0.296. The monoisotopic (exact) mass is 368 g/mol. The Kier molecular flexibility index (Phi) is 3.74. The number of ether oxygens (including phenoxy) is 2. The van der Waals surface area contributed by atoms with Gasteiger partial charge in [-0.05, 0) is 41.6 Å². The first-order valence-corrected chi connectivity index (χ1v) is 9.89. The Labute approximate surface area is 155 Å². The topological polar surface area (TPSA) is 53.4 Å². The van der Waals surface area contributed by atoms with Crippen molar-refractivity contribution in [3.8, 4) is 10.4 Å². The van der Waals surface area contributed by atoms with E-state index in [4.69, 9.17) is 14.5 Å². The predicted octanol–water partition coefficient (Wildman–Crippen LogP) is 3.51. The van der Waals surface area contributed by atoms with Crippen LogP contribution in [0.1, 0.15) is 24.2 Å². The lowest BCUT2D eigenvalue weighted by Gasteiger charge is -2.24. The van der Waals surface area contributed by atoms with Gasteiger partial charge in [0.25, 0.3) is 5.56 Å². The lowest BCUT2D eigenvalue weighted by Crippen LogP contribution is -2.31. The number of aromatic nitrogens is 2. The maximum absolute atomic E-state index is 13.0. The molecule has 5 nitrogen and oxygen atoms in total. The minimum atomic E-state index is -0.536. The van der Waals surface area contributed by atoms with Crippen molar-refractivity contribution >= 4 is 22.2 Å². The summed E-state index contributed by atoms with van der Waals surface area (Å²) in [7, 11) is 0. The maximum Gasteiger partial charge on any atom is 0.261 e. The number of nitrogens with zero attached hydrogens (tertiary/aromatic N) is 2. The van der Waals surface area contributed by atoms with Gasteiger partial charge in [-0.2, -0.15) is 0 Å². The molecule has 2 aliphatic rings. The molecule has 134 valence electrons. The fourth-order valence-electron chi connectivity index (χ4n) is 3.99. The van der Waals surface area contributed by atoms with E-state index in [0.717, 1.165) is 23.3 Å². The largest absolute Gasteiger partial charge is 0.347 e. The van der Waals surface area contributed by atoms with E-state index in [1.807, 2.05) is 18.2 Å². The molecule has 26 heavy (non-hydrogen) atoms. The molecule has 6 heteroatoms.